The number of alkyl halides is 2. The zero-order valence-corrected chi connectivity index (χ0v) is 21.9. The van der Waals surface area contributed by atoms with Crippen molar-refractivity contribution >= 4 is 12.1 Å². The number of halogens is 2. The van der Waals surface area contributed by atoms with Crippen LogP contribution in [-0.2, 0) is 23.7 Å². The lowest BCUT2D eigenvalue weighted by Gasteiger charge is -2.17. The van der Waals surface area contributed by atoms with Crippen LogP contribution in [0.25, 0.3) is 0 Å². The summed E-state index contributed by atoms with van der Waals surface area (Å²) in [4.78, 5) is 11.1. The summed E-state index contributed by atoms with van der Waals surface area (Å²) in [7, 11) is 0. The number of aliphatic hydroxyl groups is 1. The predicted molar refractivity (Wildman–Crippen MR) is 151 cm³/mol. The number of nitrogens with one attached hydrogen (secondary N) is 2. The highest BCUT2D eigenvalue weighted by molar-refractivity contribution is 5.76. The topological polar surface area (TPSA) is 79.8 Å². The van der Waals surface area contributed by atoms with Crippen molar-refractivity contribution in [2.24, 2.45) is 0 Å². The third kappa shape index (κ3) is 8.36. The van der Waals surface area contributed by atoms with Gasteiger partial charge in [-0.05, 0) is 53.9 Å². The molecule has 0 aromatic heterocycles. The van der Waals surface area contributed by atoms with Crippen LogP contribution in [0.2, 0.25) is 0 Å². The molecule has 0 aliphatic rings. The fourth-order valence-corrected chi connectivity index (χ4v) is 4.07. The summed E-state index contributed by atoms with van der Waals surface area (Å²) in [6.07, 6.45) is 0.458. The first kappa shape index (κ1) is 28.7. The van der Waals surface area contributed by atoms with Gasteiger partial charge in [0.2, 0.25) is 6.41 Å². The Bertz CT molecular complexity index is 1340. The third-order valence-corrected chi connectivity index (χ3v) is 6.31. The molecule has 0 saturated heterocycles. The van der Waals surface area contributed by atoms with Crippen LogP contribution < -0.4 is 20.1 Å². The molecule has 0 aliphatic heterocycles. The second-order valence-electron chi connectivity index (χ2n) is 9.27. The van der Waals surface area contributed by atoms with Crippen molar-refractivity contribution in [1.29, 1.82) is 0 Å². The predicted octanol–water partition coefficient (Wildman–Crippen LogP) is 5.87. The van der Waals surface area contributed by atoms with Crippen LogP contribution in [0.3, 0.4) is 0 Å². The van der Waals surface area contributed by atoms with Crippen LogP contribution in [0.4, 0.5) is 14.5 Å². The van der Waals surface area contributed by atoms with Crippen molar-refractivity contribution in [3.63, 3.8) is 0 Å². The number of amides is 1. The lowest BCUT2D eigenvalue weighted by molar-refractivity contribution is -0.105. The van der Waals surface area contributed by atoms with Crippen molar-refractivity contribution in [3.05, 3.63) is 125 Å². The number of aliphatic hydroxyl groups excluding tert-OH is 1. The zero-order chi connectivity index (χ0) is 28.2. The van der Waals surface area contributed by atoms with Gasteiger partial charge in [0.1, 0.15) is 18.1 Å². The second-order valence-corrected chi connectivity index (χ2v) is 9.27. The number of carbonyl (C=O) groups excluding carboxylic acids is 1. The lowest BCUT2D eigenvalue weighted by atomic mass is 10.1. The Hall–Kier alpha value is -4.27. The molecule has 4 aromatic rings. The van der Waals surface area contributed by atoms with Gasteiger partial charge in [-0.1, -0.05) is 78.9 Å². The van der Waals surface area contributed by atoms with Crippen LogP contribution in [-0.4, -0.2) is 31.2 Å². The smallest absolute Gasteiger partial charge is 0.306 e. The summed E-state index contributed by atoms with van der Waals surface area (Å²) in [5, 5.41) is 16.5. The number of benzene rings is 4. The Kier molecular flexibility index (Phi) is 10.2. The fourth-order valence-electron chi connectivity index (χ4n) is 4.07. The highest BCUT2D eigenvalue weighted by Gasteiger charge is 2.32. The van der Waals surface area contributed by atoms with E-state index in [-0.39, 0.29) is 5.56 Å². The van der Waals surface area contributed by atoms with E-state index in [9.17, 15) is 18.7 Å². The maximum atomic E-state index is 14.3. The van der Waals surface area contributed by atoms with Gasteiger partial charge in [-0.15, -0.1) is 0 Å². The van der Waals surface area contributed by atoms with Gasteiger partial charge in [0.05, 0.1) is 11.8 Å². The van der Waals surface area contributed by atoms with E-state index in [2.05, 4.69) is 10.6 Å². The molecule has 3 N–H and O–H groups in total. The average Bonchev–Trinajstić information content (AvgIpc) is 2.99. The molecule has 0 spiro atoms. The van der Waals surface area contributed by atoms with Crippen molar-refractivity contribution in [2.75, 3.05) is 25.0 Å². The quantitative estimate of drug-likeness (QED) is 0.128. The van der Waals surface area contributed by atoms with Gasteiger partial charge in [0, 0.05) is 12.1 Å². The summed E-state index contributed by atoms with van der Waals surface area (Å²) in [5.41, 5.74) is 3.04. The zero-order valence-electron chi connectivity index (χ0n) is 21.9. The van der Waals surface area contributed by atoms with E-state index in [4.69, 9.17) is 9.47 Å². The molecule has 0 saturated carbocycles. The normalized spacial score (nSPS) is 12.0. The van der Waals surface area contributed by atoms with Crippen molar-refractivity contribution in [3.8, 4) is 11.5 Å². The highest BCUT2D eigenvalue weighted by Crippen LogP contribution is 2.30. The van der Waals surface area contributed by atoms with Crippen LogP contribution in [0.1, 0.15) is 28.4 Å². The molecule has 0 bridgehead atoms. The molecule has 8 heteroatoms. The summed E-state index contributed by atoms with van der Waals surface area (Å²) in [6.45, 7) is 0.521. The van der Waals surface area contributed by atoms with E-state index in [1.165, 1.54) is 12.1 Å². The van der Waals surface area contributed by atoms with E-state index in [0.29, 0.717) is 55.3 Å². The van der Waals surface area contributed by atoms with Gasteiger partial charge in [-0.2, -0.15) is 8.78 Å². The molecule has 6 nitrogen and oxygen atoms in total. The Balaban J connectivity index is 1.22. The van der Waals surface area contributed by atoms with Gasteiger partial charge in [-0.3, -0.25) is 4.79 Å². The minimum absolute atomic E-state index is 0.0801. The highest BCUT2D eigenvalue weighted by atomic mass is 19.3. The Labute approximate surface area is 232 Å². The molecule has 4 aromatic carbocycles. The molecular weight excluding hydrogens is 514 g/mol. The first-order valence-corrected chi connectivity index (χ1v) is 13.0. The second kappa shape index (κ2) is 14.2. The minimum Gasteiger partial charge on any atom is -0.487 e. The molecule has 0 fully saturated rings. The molecule has 0 heterocycles. The first-order valence-electron chi connectivity index (χ1n) is 13.0. The van der Waals surface area contributed by atoms with Crippen LogP contribution in [0.15, 0.2) is 103 Å². The Morgan fingerprint density at radius 1 is 0.850 bits per heavy atom. The Morgan fingerprint density at radius 3 is 2.25 bits per heavy atom. The lowest BCUT2D eigenvalue weighted by Crippen LogP contribution is -2.24. The van der Waals surface area contributed by atoms with E-state index >= 15 is 0 Å². The van der Waals surface area contributed by atoms with Gasteiger partial charge in [0.25, 0.3) is 0 Å². The molecular formula is C32H32F2N2O4. The average molecular weight is 547 g/mol. The maximum absolute atomic E-state index is 14.3. The monoisotopic (exact) mass is 546 g/mol. The number of anilines is 1. The van der Waals surface area contributed by atoms with Gasteiger partial charge in [-0.25, -0.2) is 0 Å². The number of rotatable bonds is 15. The number of hydrogen-bond acceptors (Lipinski definition) is 5. The molecule has 0 unspecified atom stereocenters. The van der Waals surface area contributed by atoms with E-state index in [1.54, 1.807) is 48.5 Å². The van der Waals surface area contributed by atoms with Crippen LogP contribution in [0, 0.1) is 0 Å². The maximum Gasteiger partial charge on any atom is 0.306 e. The fraction of sp³-hybridized carbons (Fsp3) is 0.219. The molecule has 1 amide bonds. The summed E-state index contributed by atoms with van der Waals surface area (Å²) in [5.74, 6) is -2.20. The Morgan fingerprint density at radius 2 is 1.55 bits per heavy atom. The van der Waals surface area contributed by atoms with Crippen LogP contribution in [0.5, 0.6) is 11.5 Å². The molecule has 40 heavy (non-hydrogen) atoms. The first-order chi connectivity index (χ1) is 19.4. The van der Waals surface area contributed by atoms with E-state index in [0.717, 1.165) is 11.1 Å². The van der Waals surface area contributed by atoms with Gasteiger partial charge >= 0.3 is 5.92 Å². The van der Waals surface area contributed by atoms with E-state index in [1.807, 2.05) is 42.5 Å². The largest absolute Gasteiger partial charge is 0.487 e. The number of hydrogen-bond donors (Lipinski definition) is 3. The van der Waals surface area contributed by atoms with Gasteiger partial charge < -0.3 is 25.2 Å². The molecule has 1 atom stereocenters. The number of carbonyl (C=O) groups is 1. The molecule has 4 rings (SSSR count). The minimum atomic E-state index is -3.08. The van der Waals surface area contributed by atoms with Gasteiger partial charge in [0.15, 0.2) is 6.61 Å². The van der Waals surface area contributed by atoms with Crippen molar-refractivity contribution in [1.82, 2.24) is 5.32 Å². The summed E-state index contributed by atoms with van der Waals surface area (Å²) < 4.78 is 39.8. The summed E-state index contributed by atoms with van der Waals surface area (Å²) in [6, 6.07) is 29.5. The number of ether oxygens (including phenoxy) is 2. The van der Waals surface area contributed by atoms with Crippen molar-refractivity contribution < 1.29 is 28.2 Å². The molecule has 208 valence electrons. The molecule has 0 aliphatic carbocycles. The van der Waals surface area contributed by atoms with E-state index < -0.39 is 18.6 Å². The molecule has 0 radical (unpaired) electrons. The van der Waals surface area contributed by atoms with Crippen molar-refractivity contribution in [2.45, 2.75) is 25.1 Å². The third-order valence-electron chi connectivity index (χ3n) is 6.31. The standard InChI is InChI=1S/C32H32F2N2O4/c33-32(34,27-9-5-2-6-10-27)22-40-28-14-11-24(12-15-28)17-18-35-20-30(38)26-13-16-31(29(19-26)36-23-37)39-21-25-7-3-1-4-8-25/h1-16,19,23,30,35,38H,17-18,20-22H2,(H,36,37)/t30-/m0/s1. The van der Waals surface area contributed by atoms with Crippen LogP contribution >= 0.6 is 0 Å². The SMILES string of the molecule is O=CNc1cc([C@@H](O)CNCCc2ccc(OCC(F)(F)c3ccccc3)cc2)ccc1OCc1ccccc1. The summed E-state index contributed by atoms with van der Waals surface area (Å²) >= 11 is 0.